The summed E-state index contributed by atoms with van der Waals surface area (Å²) < 4.78 is 343. The van der Waals surface area contributed by atoms with Gasteiger partial charge in [0.2, 0.25) is 5.01 Å². The zero-order valence-electron chi connectivity index (χ0n) is 34.2. The Morgan fingerprint density at radius 2 is 0.586 bits per heavy atom. The summed E-state index contributed by atoms with van der Waals surface area (Å²) in [5.41, 5.74) is -28.8. The Morgan fingerprint density at radius 3 is 0.771 bits per heavy atom. The monoisotopic (exact) mass is 1050 g/mol. The first kappa shape index (κ1) is 55.0. The number of rotatable bonds is 6. The molecular weight excluding hydrogens is 1030 g/mol. The van der Waals surface area contributed by atoms with E-state index in [1.54, 1.807) is 11.3 Å². The molecular formula is C43H24BF24NS. The van der Waals surface area contributed by atoms with Gasteiger partial charge < -0.3 is 0 Å². The van der Waals surface area contributed by atoms with Crippen LogP contribution in [0.25, 0.3) is 0 Å². The third-order valence-corrected chi connectivity index (χ3v) is 11.4. The van der Waals surface area contributed by atoms with Crippen LogP contribution in [0.15, 0.2) is 115 Å². The van der Waals surface area contributed by atoms with Crippen molar-refractivity contribution < 1.29 is 110 Å². The molecule has 0 N–H and O–H groups in total. The smallest absolute Gasteiger partial charge is 0.194 e. The molecule has 6 rings (SSSR count). The fourth-order valence-electron chi connectivity index (χ4n) is 7.39. The van der Waals surface area contributed by atoms with Gasteiger partial charge in [-0.3, -0.25) is 0 Å². The maximum Gasteiger partial charge on any atom is 0.416 e. The van der Waals surface area contributed by atoms with E-state index in [2.05, 4.69) is 53.4 Å². The average Bonchev–Trinajstić information content (AvgIpc) is 3.62. The van der Waals surface area contributed by atoms with Crippen LogP contribution in [0.1, 0.15) is 55.1 Å². The van der Waals surface area contributed by atoms with Crippen molar-refractivity contribution in [3.05, 3.63) is 170 Å². The molecule has 1 nitrogen and oxygen atoms in total. The molecule has 1 aromatic heterocycles. The molecule has 0 atom stereocenters. The molecule has 0 spiro atoms. The maximum absolute atomic E-state index is 14.2. The Kier molecular flexibility index (Phi) is 14.7. The number of benzene rings is 5. The van der Waals surface area contributed by atoms with Gasteiger partial charge in [-0.05, 0) is 24.3 Å². The summed E-state index contributed by atoms with van der Waals surface area (Å²) in [6.45, 7) is 3.13. The molecule has 0 saturated heterocycles. The normalized spacial score (nSPS) is 13.6. The molecule has 0 amide bonds. The Morgan fingerprint density at radius 1 is 0.357 bits per heavy atom. The highest BCUT2D eigenvalue weighted by atomic mass is 32.1. The summed E-state index contributed by atoms with van der Waals surface area (Å²) in [7, 11) is 0. The second-order valence-electron chi connectivity index (χ2n) is 15.3. The molecule has 0 aliphatic rings. The Hall–Kier alpha value is -5.89. The van der Waals surface area contributed by atoms with Crippen molar-refractivity contribution in [1.82, 2.24) is 0 Å². The standard InChI is InChI=1S/C32H12BF24.C11H12NS/c34-25(35,36)13-1-14(26(37,38)39)6-21(5-13)33(22-7-15(27(40,41)42)2-16(8-22)28(43,44)45,23-9-17(29(46,47)48)3-18(10-23)30(49,50)51)24-11-19(31(52,53)54)4-20(12-24)32(55,56)57;1-10-12(7-8-13-10)9-11-5-3-2-4-6-11/h1-12H;2-8H,9H2,1H3/q-1;+1. The van der Waals surface area contributed by atoms with Gasteiger partial charge in [0, 0.05) is 12.5 Å². The zero-order chi connectivity index (χ0) is 53.0. The summed E-state index contributed by atoms with van der Waals surface area (Å²) in [5.74, 6) is 0. The van der Waals surface area contributed by atoms with E-state index in [1.807, 2.05) is 0 Å². The van der Waals surface area contributed by atoms with Crippen LogP contribution >= 0.6 is 11.3 Å². The van der Waals surface area contributed by atoms with E-state index in [0.29, 0.717) is 0 Å². The lowest BCUT2D eigenvalue weighted by Gasteiger charge is -2.46. The van der Waals surface area contributed by atoms with Crippen LogP contribution in [-0.4, -0.2) is 6.15 Å². The minimum Gasteiger partial charge on any atom is -0.194 e. The van der Waals surface area contributed by atoms with E-state index in [1.165, 1.54) is 10.6 Å². The highest BCUT2D eigenvalue weighted by Gasteiger charge is 2.47. The van der Waals surface area contributed by atoms with Crippen molar-refractivity contribution in [3.8, 4) is 0 Å². The van der Waals surface area contributed by atoms with Gasteiger partial charge in [0.15, 0.2) is 12.7 Å². The number of nitrogens with zero attached hydrogens (tertiary/aromatic N) is 1. The van der Waals surface area contributed by atoms with E-state index in [-0.39, 0.29) is 0 Å². The van der Waals surface area contributed by atoms with Crippen LogP contribution in [0, 0.1) is 6.92 Å². The van der Waals surface area contributed by atoms with Crippen molar-refractivity contribution in [3.63, 3.8) is 0 Å². The highest BCUT2D eigenvalue weighted by Crippen LogP contribution is 2.41. The largest absolute Gasteiger partial charge is 0.416 e. The molecule has 6 aromatic rings. The molecule has 0 saturated carbocycles. The van der Waals surface area contributed by atoms with Gasteiger partial charge in [-0.25, -0.2) is 0 Å². The molecule has 378 valence electrons. The first-order valence-electron chi connectivity index (χ1n) is 19.0. The number of thiazole rings is 1. The number of hydrogen-bond donors (Lipinski definition) is 0. The second kappa shape index (κ2) is 18.7. The van der Waals surface area contributed by atoms with E-state index in [4.69, 9.17) is 0 Å². The maximum atomic E-state index is 14.2. The molecule has 0 aliphatic heterocycles. The lowest BCUT2D eigenvalue weighted by atomic mass is 9.12. The summed E-state index contributed by atoms with van der Waals surface area (Å²) in [4.78, 5) is 0. The SMILES string of the molecule is Cc1scc[n+]1Cc1ccccc1.FC(F)(F)c1cc([B-](c2cc(C(F)(F)F)cc(C(F)(F)F)c2)(c2cc(C(F)(F)F)cc(C(F)(F)F)c2)c2cc(C(F)(F)F)cc(C(F)(F)F)c2)cc(C(F)(F)F)c1. The summed E-state index contributed by atoms with van der Waals surface area (Å²) in [5, 5.41) is 3.47. The molecule has 0 radical (unpaired) electrons. The number of aromatic nitrogens is 1. The second-order valence-corrected chi connectivity index (χ2v) is 16.4. The van der Waals surface area contributed by atoms with Gasteiger partial charge in [-0.15, -0.1) is 0 Å². The lowest BCUT2D eigenvalue weighted by Crippen LogP contribution is -2.75. The minimum absolute atomic E-state index is 0.691. The van der Waals surface area contributed by atoms with E-state index in [0.717, 1.165) is 6.54 Å². The summed E-state index contributed by atoms with van der Waals surface area (Å²) in [6.07, 6.45) is -52.7. The molecule has 27 heteroatoms. The minimum atomic E-state index is -6.13. The molecule has 0 aliphatic carbocycles. The molecule has 70 heavy (non-hydrogen) atoms. The van der Waals surface area contributed by atoms with Gasteiger partial charge in [0.1, 0.15) is 6.15 Å². The van der Waals surface area contributed by atoms with Crippen LogP contribution in [0.5, 0.6) is 0 Å². The van der Waals surface area contributed by atoms with Gasteiger partial charge >= 0.3 is 49.4 Å². The van der Waals surface area contributed by atoms with Crippen LogP contribution in [0.4, 0.5) is 105 Å². The third kappa shape index (κ3) is 12.5. The highest BCUT2D eigenvalue weighted by molar-refractivity contribution is 7.20. The molecule has 1 heterocycles. The average molecular weight is 1050 g/mol. The quantitative estimate of drug-likeness (QED) is 0.0889. The molecule has 0 bridgehead atoms. The van der Waals surface area contributed by atoms with E-state index >= 15 is 0 Å². The third-order valence-electron chi connectivity index (χ3n) is 10.5. The van der Waals surface area contributed by atoms with Crippen LogP contribution in [0.3, 0.4) is 0 Å². The van der Waals surface area contributed by atoms with Crippen molar-refractivity contribution >= 4 is 39.3 Å². The Balaban J connectivity index is 0.000000600. The van der Waals surface area contributed by atoms with Crippen molar-refractivity contribution in [2.45, 2.75) is 62.9 Å². The zero-order valence-corrected chi connectivity index (χ0v) is 35.0. The molecule has 0 fully saturated rings. The van der Waals surface area contributed by atoms with Gasteiger partial charge in [-0.1, -0.05) is 90.2 Å². The topological polar surface area (TPSA) is 3.88 Å². The predicted octanol–water partition coefficient (Wildman–Crippen LogP) is 13.6. The number of halogens is 24. The fraction of sp³-hybridized carbons (Fsp3) is 0.233. The molecule has 5 aromatic carbocycles. The molecule has 0 unspecified atom stereocenters. The number of alkyl halides is 24. The van der Waals surface area contributed by atoms with Crippen LogP contribution < -0.4 is 26.4 Å². The van der Waals surface area contributed by atoms with Crippen LogP contribution in [-0.2, 0) is 56.0 Å². The summed E-state index contributed by atoms with van der Waals surface area (Å²) in [6, 6.07) is 1.72. The van der Waals surface area contributed by atoms with Gasteiger partial charge in [0.05, 0.1) is 49.9 Å². The number of aryl methyl sites for hydroxylation is 1. The van der Waals surface area contributed by atoms with E-state index < -0.39 is 195 Å². The van der Waals surface area contributed by atoms with Crippen molar-refractivity contribution in [2.24, 2.45) is 0 Å². The van der Waals surface area contributed by atoms with Gasteiger partial charge in [0.25, 0.3) is 0 Å². The van der Waals surface area contributed by atoms with Gasteiger partial charge in [-0.2, -0.15) is 132 Å². The van der Waals surface area contributed by atoms with Crippen molar-refractivity contribution in [2.75, 3.05) is 0 Å². The van der Waals surface area contributed by atoms with E-state index in [9.17, 15) is 105 Å². The van der Waals surface area contributed by atoms with Crippen molar-refractivity contribution in [1.29, 1.82) is 0 Å². The van der Waals surface area contributed by atoms with Crippen LogP contribution in [0.2, 0.25) is 0 Å². The fourth-order valence-corrected chi connectivity index (χ4v) is 8.06. The Bertz CT molecular complexity index is 2370. The lowest BCUT2D eigenvalue weighted by molar-refractivity contribution is -0.689. The predicted molar refractivity (Wildman–Crippen MR) is 205 cm³/mol. The summed E-state index contributed by atoms with van der Waals surface area (Å²) >= 11 is 1.79. The number of hydrogen-bond acceptors (Lipinski definition) is 1. The first-order valence-corrected chi connectivity index (χ1v) is 19.8. The first-order chi connectivity index (χ1) is 31.6. The Labute approximate surface area is 381 Å².